The second kappa shape index (κ2) is 9.09. The van der Waals surface area contributed by atoms with Crippen LogP contribution in [0, 0.1) is 10.8 Å². The predicted molar refractivity (Wildman–Crippen MR) is 105 cm³/mol. The number of nitrogens with two attached hydrogens (primary N) is 2. The maximum Gasteiger partial charge on any atom is 0.143 e. The third kappa shape index (κ3) is 4.88. The molecule has 1 fully saturated rings. The van der Waals surface area contributed by atoms with Crippen molar-refractivity contribution in [3.63, 3.8) is 0 Å². The summed E-state index contributed by atoms with van der Waals surface area (Å²) in [4.78, 5) is 4.62. The van der Waals surface area contributed by atoms with Crippen molar-refractivity contribution in [1.82, 2.24) is 10.4 Å². The lowest BCUT2D eigenvalue weighted by Crippen LogP contribution is -2.43. The van der Waals surface area contributed by atoms with Crippen molar-refractivity contribution in [3.8, 4) is 0 Å². The van der Waals surface area contributed by atoms with Gasteiger partial charge in [0.05, 0.1) is 17.4 Å². The van der Waals surface area contributed by atoms with Gasteiger partial charge in [0.1, 0.15) is 11.5 Å². The largest absolute Gasteiger partial charge is 0.398 e. The number of piperidine rings is 1. The summed E-state index contributed by atoms with van der Waals surface area (Å²) in [7, 11) is 1.89. The molecule has 0 saturated carbocycles. The summed E-state index contributed by atoms with van der Waals surface area (Å²) in [6, 6.07) is 7.00. The number of nitrogens with one attached hydrogen (secondary N) is 4. The Morgan fingerprint density at radius 2 is 1.92 bits per heavy atom. The lowest BCUT2D eigenvalue weighted by molar-refractivity contribution is 0.160. The van der Waals surface area contributed by atoms with E-state index in [0.29, 0.717) is 16.9 Å². The average molecular weight is 358 g/mol. The van der Waals surface area contributed by atoms with E-state index in [0.717, 1.165) is 25.9 Å². The van der Waals surface area contributed by atoms with Crippen LogP contribution in [-0.4, -0.2) is 53.7 Å². The molecule has 140 valence electrons. The molecule has 9 N–H and O–H groups in total. The first kappa shape index (κ1) is 19.6. The smallest absolute Gasteiger partial charge is 0.143 e. The van der Waals surface area contributed by atoms with Crippen LogP contribution in [0.1, 0.15) is 18.4 Å². The summed E-state index contributed by atoms with van der Waals surface area (Å²) in [5.74, 6) is -0.367. The van der Waals surface area contributed by atoms with Crippen molar-refractivity contribution in [2.24, 2.45) is 16.5 Å². The summed E-state index contributed by atoms with van der Waals surface area (Å²) < 4.78 is 0. The van der Waals surface area contributed by atoms with Crippen LogP contribution in [0.5, 0.6) is 0 Å². The Balaban J connectivity index is 2.31. The van der Waals surface area contributed by atoms with Gasteiger partial charge in [0.15, 0.2) is 0 Å². The SMILES string of the molecule is CNN1CCC(N=C(/C=C(\N)c2ccccc2NO)C(=N)C(=N)N)CC1. The molecule has 1 aliphatic rings. The van der Waals surface area contributed by atoms with Crippen molar-refractivity contribution >= 4 is 28.6 Å². The van der Waals surface area contributed by atoms with Gasteiger partial charge in [0.2, 0.25) is 0 Å². The van der Waals surface area contributed by atoms with E-state index < -0.39 is 0 Å². The van der Waals surface area contributed by atoms with Gasteiger partial charge in [0, 0.05) is 24.4 Å². The zero-order chi connectivity index (χ0) is 19.1. The van der Waals surface area contributed by atoms with Crippen LogP contribution in [0.3, 0.4) is 0 Å². The fourth-order valence-corrected chi connectivity index (χ4v) is 2.78. The standard InChI is InChI=1S/C17H26N8O/c1-22-25-8-6-11(7-9-25)23-15(16(19)17(20)21)10-13(18)12-4-2-3-5-14(12)24-26/h2-5,10-11,19,22,24,26H,6-9,18H2,1H3,(H3,20,21)/b13-10-,19-16?,23-15?. The minimum Gasteiger partial charge on any atom is -0.398 e. The molecule has 9 nitrogen and oxygen atoms in total. The fourth-order valence-electron chi connectivity index (χ4n) is 2.78. The third-order valence-electron chi connectivity index (χ3n) is 4.28. The molecule has 0 radical (unpaired) electrons. The van der Waals surface area contributed by atoms with E-state index in [4.69, 9.17) is 22.3 Å². The highest BCUT2D eigenvalue weighted by Crippen LogP contribution is 2.20. The third-order valence-corrected chi connectivity index (χ3v) is 4.28. The van der Waals surface area contributed by atoms with Gasteiger partial charge in [-0.1, -0.05) is 18.2 Å². The molecule has 26 heavy (non-hydrogen) atoms. The zero-order valence-corrected chi connectivity index (χ0v) is 14.8. The first-order valence-corrected chi connectivity index (χ1v) is 8.36. The molecule has 9 heteroatoms. The second-order valence-corrected chi connectivity index (χ2v) is 6.00. The Morgan fingerprint density at radius 1 is 1.27 bits per heavy atom. The number of aliphatic imine (C=N–C) groups is 1. The van der Waals surface area contributed by atoms with E-state index in [2.05, 4.69) is 20.9 Å². The van der Waals surface area contributed by atoms with Crippen LogP contribution in [0.15, 0.2) is 35.3 Å². The first-order valence-electron chi connectivity index (χ1n) is 8.36. The number of rotatable bonds is 7. The summed E-state index contributed by atoms with van der Waals surface area (Å²) in [5.41, 5.74) is 18.3. The number of amidine groups is 1. The molecule has 0 aromatic heterocycles. The van der Waals surface area contributed by atoms with Crippen molar-refractivity contribution in [3.05, 3.63) is 35.9 Å². The van der Waals surface area contributed by atoms with Crippen LogP contribution in [0.25, 0.3) is 5.70 Å². The van der Waals surface area contributed by atoms with Crippen molar-refractivity contribution in [2.75, 3.05) is 25.6 Å². The summed E-state index contributed by atoms with van der Waals surface area (Å²) in [5, 5.41) is 27.0. The minimum absolute atomic E-state index is 0.0320. The van der Waals surface area contributed by atoms with Gasteiger partial charge < -0.3 is 11.5 Å². The molecule has 0 unspecified atom stereocenters. The van der Waals surface area contributed by atoms with Crippen LogP contribution in [0.2, 0.25) is 0 Å². The van der Waals surface area contributed by atoms with E-state index in [-0.39, 0.29) is 23.3 Å². The molecular weight excluding hydrogens is 332 g/mol. The van der Waals surface area contributed by atoms with Crippen molar-refractivity contribution in [2.45, 2.75) is 18.9 Å². The number of anilines is 1. The fraction of sp³-hybridized carbons (Fsp3) is 0.353. The maximum atomic E-state index is 9.24. The molecule has 1 aliphatic heterocycles. The molecule has 1 aromatic carbocycles. The summed E-state index contributed by atoms with van der Waals surface area (Å²) in [6.07, 6.45) is 3.19. The average Bonchev–Trinajstić information content (AvgIpc) is 2.67. The van der Waals surface area contributed by atoms with Gasteiger partial charge in [-0.2, -0.15) is 0 Å². The van der Waals surface area contributed by atoms with Gasteiger partial charge in [0.25, 0.3) is 0 Å². The molecule has 1 saturated heterocycles. The number of hydrazine groups is 1. The van der Waals surface area contributed by atoms with Crippen molar-refractivity contribution in [1.29, 1.82) is 10.8 Å². The Hall–Kier alpha value is -2.75. The van der Waals surface area contributed by atoms with Crippen molar-refractivity contribution < 1.29 is 5.21 Å². The van der Waals surface area contributed by atoms with E-state index >= 15 is 0 Å². The van der Waals surface area contributed by atoms with Crippen LogP contribution >= 0.6 is 0 Å². The molecule has 0 aliphatic carbocycles. The molecule has 0 atom stereocenters. The van der Waals surface area contributed by atoms with Gasteiger partial charge in [-0.3, -0.25) is 31.9 Å². The minimum atomic E-state index is -0.367. The number of nitrogens with zero attached hydrogens (tertiary/aromatic N) is 2. The Kier molecular flexibility index (Phi) is 6.84. The Labute approximate surface area is 152 Å². The van der Waals surface area contributed by atoms with Gasteiger partial charge in [-0.25, -0.2) is 5.01 Å². The Bertz CT molecular complexity index is 719. The van der Waals surface area contributed by atoms with Gasteiger partial charge >= 0.3 is 0 Å². The van der Waals surface area contributed by atoms with E-state index in [9.17, 15) is 5.21 Å². The normalized spacial score (nSPS) is 17.2. The van der Waals surface area contributed by atoms with E-state index in [1.165, 1.54) is 6.08 Å². The molecular formula is C17H26N8O. The predicted octanol–water partition coefficient (Wildman–Crippen LogP) is 0.783. The highest BCUT2D eigenvalue weighted by atomic mass is 16.5. The number of hydrogen-bond donors (Lipinski definition) is 7. The second-order valence-electron chi connectivity index (χ2n) is 6.00. The zero-order valence-electron chi connectivity index (χ0n) is 14.8. The van der Waals surface area contributed by atoms with Crippen LogP contribution in [-0.2, 0) is 0 Å². The number of hydrogen-bond acceptors (Lipinski definition) is 8. The number of allylic oxidation sites excluding steroid dienone is 1. The molecule has 2 rings (SSSR count). The lowest BCUT2D eigenvalue weighted by atomic mass is 10.0. The quantitative estimate of drug-likeness (QED) is 0.217. The lowest BCUT2D eigenvalue weighted by Gasteiger charge is -2.29. The van der Waals surface area contributed by atoms with E-state index in [1.54, 1.807) is 24.3 Å². The summed E-state index contributed by atoms with van der Waals surface area (Å²) >= 11 is 0. The monoisotopic (exact) mass is 358 g/mol. The van der Waals surface area contributed by atoms with Crippen LogP contribution in [0.4, 0.5) is 5.69 Å². The highest BCUT2D eigenvalue weighted by Gasteiger charge is 2.19. The van der Waals surface area contributed by atoms with E-state index in [1.807, 2.05) is 7.05 Å². The Morgan fingerprint density at radius 3 is 2.50 bits per heavy atom. The summed E-state index contributed by atoms with van der Waals surface area (Å²) in [6.45, 7) is 1.70. The molecule has 0 bridgehead atoms. The topological polar surface area (TPSA) is 160 Å². The molecule has 0 spiro atoms. The van der Waals surface area contributed by atoms with Crippen LogP contribution < -0.4 is 22.4 Å². The highest BCUT2D eigenvalue weighted by molar-refractivity contribution is 6.69. The molecule has 1 aromatic rings. The van der Waals surface area contributed by atoms with Gasteiger partial charge in [-0.05, 0) is 32.0 Å². The maximum absolute atomic E-state index is 9.24. The first-order chi connectivity index (χ1) is 12.5. The number of benzene rings is 1. The number of para-hydroxylation sites is 1. The molecule has 1 heterocycles. The van der Waals surface area contributed by atoms with Gasteiger partial charge in [-0.15, -0.1) is 0 Å². The molecule has 0 amide bonds.